The zero-order valence-corrected chi connectivity index (χ0v) is 83.3. The fraction of sp³-hybridized carbons (Fsp3) is 0.340. The lowest BCUT2D eigenvalue weighted by atomic mass is 9.83. The third-order valence-corrected chi connectivity index (χ3v) is 26.3. The molecule has 0 saturated carbocycles. The highest BCUT2D eigenvalue weighted by atomic mass is 79.9. The molecule has 2 atom stereocenters. The number of fused-ring (bicyclic) bond motifs is 6. The summed E-state index contributed by atoms with van der Waals surface area (Å²) in [6.45, 7) is 29.3. The average Bonchev–Trinajstić information content (AvgIpc) is 0.721. The molecule has 0 aliphatic rings. The summed E-state index contributed by atoms with van der Waals surface area (Å²) in [5.41, 5.74) is 19.4. The number of hydrogen-bond donors (Lipinski definition) is 14. The molecule has 29 nitrogen and oxygen atoms in total. The number of carbonyl (C=O) groups excluding carboxylic acids is 6. The van der Waals surface area contributed by atoms with Crippen LogP contribution in [0.1, 0.15) is 252 Å². The molecule has 32 heteroatoms. The number of carbonyl (C=O) groups is 8. The third kappa shape index (κ3) is 18.7. The Bertz CT molecular complexity index is 6890. The molecule has 16 N–H and O–H groups in total. The fourth-order valence-electron chi connectivity index (χ4n) is 18.4. The van der Waals surface area contributed by atoms with Gasteiger partial charge < -0.3 is 106 Å². The quantitative estimate of drug-likeness (QED) is 0.00653. The summed E-state index contributed by atoms with van der Waals surface area (Å²) >= 11 is 11.2. The van der Waals surface area contributed by atoms with Crippen LogP contribution in [-0.4, -0.2) is 158 Å². The number of ether oxygens (including phenoxy) is 7. The van der Waals surface area contributed by atoms with Gasteiger partial charge in [-0.1, -0.05) is 139 Å². The predicted octanol–water partition coefficient (Wildman–Crippen LogP) is 22.1. The lowest BCUT2D eigenvalue weighted by Crippen LogP contribution is -2.35. The van der Waals surface area contributed by atoms with Gasteiger partial charge in [0, 0.05) is 112 Å². The summed E-state index contributed by atoms with van der Waals surface area (Å²) in [5.74, 6) is -8.53. The van der Waals surface area contributed by atoms with Crippen molar-refractivity contribution in [3.05, 3.63) is 142 Å². The molecule has 0 saturated heterocycles. The van der Waals surface area contributed by atoms with E-state index in [-0.39, 0.29) is 149 Å². The Morgan fingerprint density at radius 3 is 1.02 bits per heavy atom. The minimum absolute atomic E-state index is 0.0274. The Morgan fingerprint density at radius 2 is 0.659 bits per heavy atom. The SMILES string of the molecule is COc1c(O)c(C=O)c2c(O)c(-c3c(C)cc4c(C(C)C)c(O)c(O)c(C=O)c4c3O)c(C)cc2c1C(C)C.COc1cc2cc(-c3c(CBr)cc4c(C(C)C)c(OC)c(OC)c(Br)c4c3O)c(CBr)cc2c(C(C)C)c1OC.Cc1cc2c(C(C)C)c(OC(=O)[C@@H](N)CCC(=O)O)c(O)c(C=O)c2c(O)c1-c1c(C)cc2c(C(C)C)c(O)c(OC(=O)[C@@H](N)CCC(=O)O)c(C=O)c2c1O. The second kappa shape index (κ2) is 41.9. The summed E-state index contributed by atoms with van der Waals surface area (Å²) < 4.78 is 40.2. The number of methoxy groups -OCH3 is 5. The topological polar surface area (TPSA) is 496 Å². The van der Waals surface area contributed by atoms with E-state index in [1.807, 2.05) is 33.8 Å². The first-order valence-corrected chi connectivity index (χ1v) is 46.2. The van der Waals surface area contributed by atoms with Crippen LogP contribution < -0.4 is 44.6 Å². The van der Waals surface area contributed by atoms with Crippen LogP contribution in [0.2, 0.25) is 0 Å². The normalized spacial score (nSPS) is 12.0. The highest BCUT2D eigenvalue weighted by molar-refractivity contribution is 9.10. The van der Waals surface area contributed by atoms with Gasteiger partial charge in [-0.15, -0.1) is 0 Å². The number of carboxylic acids is 2. The van der Waals surface area contributed by atoms with Crippen LogP contribution in [-0.2, 0) is 29.8 Å². The molecule has 0 heterocycles. The van der Waals surface area contributed by atoms with Gasteiger partial charge in [0.1, 0.15) is 40.8 Å². The Kier molecular flexibility index (Phi) is 32.4. The molecular formula is C103H111Br3N2O27. The van der Waals surface area contributed by atoms with Gasteiger partial charge in [-0.25, -0.2) is 9.59 Å². The van der Waals surface area contributed by atoms with Crippen molar-refractivity contribution in [1.29, 1.82) is 0 Å². The van der Waals surface area contributed by atoms with Gasteiger partial charge in [0.25, 0.3) is 0 Å². The van der Waals surface area contributed by atoms with Crippen molar-refractivity contribution in [2.75, 3.05) is 35.5 Å². The summed E-state index contributed by atoms with van der Waals surface area (Å²) in [5, 5.41) is 139. The van der Waals surface area contributed by atoms with Crippen molar-refractivity contribution >= 4 is 161 Å². The number of esters is 2. The molecule has 0 aliphatic heterocycles. The second-order valence-corrected chi connectivity index (χ2v) is 36.8. The number of nitrogens with two attached hydrogens (primary N) is 2. The molecule has 0 aromatic heterocycles. The van der Waals surface area contributed by atoms with E-state index in [2.05, 4.69) is 93.7 Å². The van der Waals surface area contributed by atoms with Crippen molar-refractivity contribution < 1.29 is 133 Å². The van der Waals surface area contributed by atoms with Gasteiger partial charge in [-0.2, -0.15) is 0 Å². The van der Waals surface area contributed by atoms with Gasteiger partial charge in [-0.3, -0.25) is 28.8 Å². The molecular weight excluding hydrogens is 1940 g/mol. The van der Waals surface area contributed by atoms with Crippen molar-refractivity contribution in [2.45, 2.75) is 195 Å². The number of halogens is 3. The van der Waals surface area contributed by atoms with E-state index in [0.717, 1.165) is 55.3 Å². The van der Waals surface area contributed by atoms with E-state index in [0.29, 0.717) is 94.5 Å². The molecule has 12 aromatic rings. The number of aldehydes is 4. The van der Waals surface area contributed by atoms with E-state index >= 15 is 0 Å². The summed E-state index contributed by atoms with van der Waals surface area (Å²) in [4.78, 5) is 97.6. The zero-order chi connectivity index (χ0) is 101. The number of alkyl halides is 2. The first-order valence-electron chi connectivity index (χ1n) is 43.2. The molecule has 0 spiro atoms. The van der Waals surface area contributed by atoms with Crippen LogP contribution in [0.25, 0.3) is 98.0 Å². The molecule has 135 heavy (non-hydrogen) atoms. The number of hydrogen-bond acceptors (Lipinski definition) is 27. The number of aryl methyl sites for hydroxylation is 4. The molecule has 0 unspecified atom stereocenters. The second-order valence-electron chi connectivity index (χ2n) is 34.9. The Balaban J connectivity index is 0.000000214. The molecule has 0 radical (unpaired) electrons. The Morgan fingerprint density at radius 1 is 0.341 bits per heavy atom. The van der Waals surface area contributed by atoms with Gasteiger partial charge in [0.05, 0.1) is 62.3 Å². The Labute approximate surface area is 803 Å². The molecule has 0 bridgehead atoms. The highest BCUT2D eigenvalue weighted by Crippen LogP contribution is 2.60. The molecule has 12 aromatic carbocycles. The molecule has 0 fully saturated rings. The minimum atomic E-state index is -1.44. The summed E-state index contributed by atoms with van der Waals surface area (Å²) in [6.07, 6.45) is -0.201. The van der Waals surface area contributed by atoms with Crippen molar-refractivity contribution in [2.24, 2.45) is 11.5 Å². The maximum Gasteiger partial charge on any atom is 0.328 e. The maximum absolute atomic E-state index is 13.0. The summed E-state index contributed by atoms with van der Waals surface area (Å²) in [7, 11) is 7.99. The van der Waals surface area contributed by atoms with E-state index in [1.54, 1.807) is 108 Å². The van der Waals surface area contributed by atoms with Crippen LogP contribution in [0.4, 0.5) is 0 Å². The standard InChI is InChI=1S/C40H44N2O14.C32H35Br3O5.C31H32O8/c1-15(2)27-19-11-17(5)30(35(51)32(19)22(14-44)37(36(27)52)55-39(53)23(41)7-9-25(45)46)29-18(6)12-20-28(16(3)4)38(33(49)21(13-43)31(20)34(29)50)56-40(54)24(42)8-10-26(47)48;1-15(2)24-20-10-18(13-33)21(9-17(20)12-23(37-5)30(24)38-6)26-19(14-34)11-22-25(16(3)4)31(39-7)32(40-8)28(35)27(22)29(26)36;1-12(2)20-16-8-14(5)22(28(36)24(16)18(10-32)26(34)30(20)38)23-15(6)9-17-21(13(3)4)31(39-7)27(35)19(11-33)25(17)29(23)37/h11-16,23-24,49-52H,7-10,41-42H2,1-6H3,(H,45,46)(H,47,48);9-12,15-16,36H,13-14H2,1-8H3;8-13,34-38H,1-7H3/t23-,24-;;/m0../s1. The molecule has 0 amide bonds. The number of aromatic hydroxyl groups is 10. The maximum atomic E-state index is 13.0. The van der Waals surface area contributed by atoms with Gasteiger partial charge in [-0.05, 0) is 193 Å². The average molecular weight is 2050 g/mol. The lowest BCUT2D eigenvalue weighted by Gasteiger charge is -2.24. The number of benzene rings is 12. The number of rotatable bonds is 30. The molecule has 12 rings (SSSR count). The first-order chi connectivity index (χ1) is 63.6. The zero-order valence-electron chi connectivity index (χ0n) is 78.6. The minimum Gasteiger partial charge on any atom is -0.507 e. The van der Waals surface area contributed by atoms with Crippen LogP contribution >= 0.6 is 47.8 Å². The number of phenolic OH excluding ortho intramolecular Hbond substituents is 10. The number of aliphatic carboxylic acids is 2. The van der Waals surface area contributed by atoms with Crippen LogP contribution in [0, 0.1) is 27.7 Å². The Hall–Kier alpha value is -12.9. The predicted molar refractivity (Wildman–Crippen MR) is 529 cm³/mol. The molecule has 0 aliphatic carbocycles. The van der Waals surface area contributed by atoms with Gasteiger partial charge in [0.15, 0.2) is 94.1 Å². The van der Waals surface area contributed by atoms with Crippen molar-refractivity contribution in [3.63, 3.8) is 0 Å². The first kappa shape index (κ1) is 104. The number of phenols is 10. The lowest BCUT2D eigenvalue weighted by molar-refractivity contribution is -0.140. The van der Waals surface area contributed by atoms with Crippen molar-refractivity contribution in [3.8, 4) is 131 Å². The third-order valence-electron chi connectivity index (χ3n) is 24.4. The van der Waals surface area contributed by atoms with E-state index in [9.17, 15) is 89.4 Å². The largest absolute Gasteiger partial charge is 0.507 e. The van der Waals surface area contributed by atoms with Crippen LogP contribution in [0.15, 0.2) is 53.0 Å². The van der Waals surface area contributed by atoms with Crippen molar-refractivity contribution in [1.82, 2.24) is 0 Å². The van der Waals surface area contributed by atoms with Gasteiger partial charge >= 0.3 is 23.9 Å². The van der Waals surface area contributed by atoms with Crippen LogP contribution in [0.3, 0.4) is 0 Å². The van der Waals surface area contributed by atoms with E-state index in [1.165, 1.54) is 7.11 Å². The highest BCUT2D eigenvalue weighted by Gasteiger charge is 2.38. The van der Waals surface area contributed by atoms with E-state index < -0.39 is 124 Å². The van der Waals surface area contributed by atoms with E-state index in [4.69, 9.17) is 54.8 Å². The number of carboxylic acid groups (broad SMARTS) is 2. The summed E-state index contributed by atoms with van der Waals surface area (Å²) in [6, 6.07) is 12.2. The molecule has 716 valence electrons. The van der Waals surface area contributed by atoms with Gasteiger partial charge in [0.2, 0.25) is 0 Å². The smallest absolute Gasteiger partial charge is 0.328 e. The van der Waals surface area contributed by atoms with Crippen LogP contribution in [0.5, 0.6) is 97.7 Å². The fourth-order valence-corrected chi connectivity index (χ4v) is 20.1. The monoisotopic (exact) mass is 2040 g/mol.